The fourth-order valence-electron chi connectivity index (χ4n) is 1.17. The second kappa shape index (κ2) is 7.56. The van der Waals surface area contributed by atoms with Gasteiger partial charge in [0, 0.05) is 19.5 Å². The van der Waals surface area contributed by atoms with Gasteiger partial charge in [-0.2, -0.15) is 0 Å². The summed E-state index contributed by atoms with van der Waals surface area (Å²) < 4.78 is 0. The van der Waals surface area contributed by atoms with Crippen molar-refractivity contribution < 1.29 is 9.90 Å². The molecule has 0 saturated carbocycles. The molecule has 14 heavy (non-hydrogen) atoms. The first kappa shape index (κ1) is 13.2. The average molecular weight is 199 g/mol. The molecule has 3 nitrogen and oxygen atoms in total. The van der Waals surface area contributed by atoms with E-state index in [-0.39, 0.29) is 12.5 Å². The monoisotopic (exact) mass is 199 g/mol. The zero-order valence-electron chi connectivity index (χ0n) is 9.20. The van der Waals surface area contributed by atoms with Crippen molar-refractivity contribution in [3.05, 3.63) is 12.7 Å². The summed E-state index contributed by atoms with van der Waals surface area (Å²) in [5, 5.41) is 8.78. The zero-order valence-corrected chi connectivity index (χ0v) is 9.20. The molecular weight excluding hydrogens is 178 g/mol. The summed E-state index contributed by atoms with van der Waals surface area (Å²) in [6, 6.07) is 0. The summed E-state index contributed by atoms with van der Waals surface area (Å²) in [4.78, 5) is 13.3. The maximum atomic E-state index is 11.7. The number of aliphatic hydroxyl groups is 1. The highest BCUT2D eigenvalue weighted by Crippen LogP contribution is 2.08. The Kier molecular flexibility index (Phi) is 7.11. The molecule has 0 radical (unpaired) electrons. The Hall–Kier alpha value is -0.830. The van der Waals surface area contributed by atoms with Crippen molar-refractivity contribution in [3.8, 4) is 0 Å². The van der Waals surface area contributed by atoms with Gasteiger partial charge in [-0.3, -0.25) is 4.79 Å². The van der Waals surface area contributed by atoms with E-state index in [1.165, 1.54) is 0 Å². The summed E-state index contributed by atoms with van der Waals surface area (Å²) in [7, 11) is 0. The third-order valence-corrected chi connectivity index (χ3v) is 2.29. The molecule has 0 aliphatic rings. The van der Waals surface area contributed by atoms with Crippen LogP contribution in [0.4, 0.5) is 0 Å². The van der Waals surface area contributed by atoms with Crippen molar-refractivity contribution >= 4 is 5.91 Å². The van der Waals surface area contributed by atoms with Gasteiger partial charge in [0.25, 0.3) is 0 Å². The number of rotatable bonds is 7. The van der Waals surface area contributed by atoms with E-state index in [1.54, 1.807) is 11.0 Å². The lowest BCUT2D eigenvalue weighted by molar-refractivity contribution is -0.132. The van der Waals surface area contributed by atoms with Crippen LogP contribution in [0.5, 0.6) is 0 Å². The van der Waals surface area contributed by atoms with Gasteiger partial charge in [0.05, 0.1) is 6.61 Å². The lowest BCUT2D eigenvalue weighted by Gasteiger charge is -2.21. The Morgan fingerprint density at radius 1 is 1.64 bits per heavy atom. The number of amides is 1. The molecule has 0 fully saturated rings. The summed E-state index contributed by atoms with van der Waals surface area (Å²) in [6.07, 6.45) is 3.25. The van der Waals surface area contributed by atoms with Gasteiger partial charge < -0.3 is 10.0 Å². The standard InChI is InChI=1S/C11H21NO2/c1-4-6-12(7-8-13)11(14)9-10(3)5-2/h4,10,13H,1,5-9H2,2-3H3. The summed E-state index contributed by atoms with van der Waals surface area (Å²) >= 11 is 0. The minimum Gasteiger partial charge on any atom is -0.395 e. The Morgan fingerprint density at radius 3 is 2.71 bits per heavy atom. The minimum atomic E-state index is 0.0140. The topological polar surface area (TPSA) is 40.5 Å². The molecule has 0 aromatic rings. The second-order valence-corrected chi connectivity index (χ2v) is 3.57. The van der Waals surface area contributed by atoms with Crippen LogP contribution in [0.3, 0.4) is 0 Å². The van der Waals surface area contributed by atoms with Crippen LogP contribution in [0.1, 0.15) is 26.7 Å². The fourth-order valence-corrected chi connectivity index (χ4v) is 1.17. The van der Waals surface area contributed by atoms with E-state index in [0.29, 0.717) is 25.4 Å². The van der Waals surface area contributed by atoms with E-state index in [2.05, 4.69) is 20.4 Å². The van der Waals surface area contributed by atoms with Gasteiger partial charge >= 0.3 is 0 Å². The molecule has 1 amide bonds. The summed E-state index contributed by atoms with van der Waals surface area (Å²) in [5.41, 5.74) is 0. The molecule has 0 bridgehead atoms. The molecular formula is C11H21NO2. The molecule has 1 N–H and O–H groups in total. The Balaban J connectivity index is 4.06. The molecule has 0 aliphatic heterocycles. The van der Waals surface area contributed by atoms with Gasteiger partial charge in [-0.25, -0.2) is 0 Å². The van der Waals surface area contributed by atoms with Crippen molar-refractivity contribution in [2.24, 2.45) is 5.92 Å². The van der Waals surface area contributed by atoms with Crippen LogP contribution in [0.2, 0.25) is 0 Å². The maximum Gasteiger partial charge on any atom is 0.223 e. The molecule has 0 rings (SSSR count). The van der Waals surface area contributed by atoms with E-state index in [9.17, 15) is 4.79 Å². The number of carbonyl (C=O) groups excluding carboxylic acids is 1. The Morgan fingerprint density at radius 2 is 2.29 bits per heavy atom. The lowest BCUT2D eigenvalue weighted by Crippen LogP contribution is -2.34. The van der Waals surface area contributed by atoms with Crippen LogP contribution in [0.25, 0.3) is 0 Å². The lowest BCUT2D eigenvalue weighted by atomic mass is 10.0. The molecule has 1 unspecified atom stereocenters. The fraction of sp³-hybridized carbons (Fsp3) is 0.727. The Labute approximate surface area is 86.4 Å². The van der Waals surface area contributed by atoms with Crippen molar-refractivity contribution in [1.29, 1.82) is 0 Å². The van der Waals surface area contributed by atoms with E-state index in [0.717, 1.165) is 6.42 Å². The van der Waals surface area contributed by atoms with E-state index >= 15 is 0 Å². The average Bonchev–Trinajstić information content (AvgIpc) is 2.17. The molecule has 1 atom stereocenters. The smallest absolute Gasteiger partial charge is 0.223 e. The van der Waals surface area contributed by atoms with Crippen molar-refractivity contribution in [1.82, 2.24) is 4.90 Å². The van der Waals surface area contributed by atoms with Crippen LogP contribution in [-0.4, -0.2) is 35.6 Å². The molecule has 0 spiro atoms. The third kappa shape index (κ3) is 5.02. The largest absolute Gasteiger partial charge is 0.395 e. The highest BCUT2D eigenvalue weighted by atomic mass is 16.3. The normalized spacial score (nSPS) is 12.2. The van der Waals surface area contributed by atoms with Crippen molar-refractivity contribution in [3.63, 3.8) is 0 Å². The van der Waals surface area contributed by atoms with Gasteiger partial charge in [-0.15, -0.1) is 6.58 Å². The predicted molar refractivity (Wildman–Crippen MR) is 57.9 cm³/mol. The van der Waals surface area contributed by atoms with E-state index < -0.39 is 0 Å². The highest BCUT2D eigenvalue weighted by molar-refractivity contribution is 5.76. The minimum absolute atomic E-state index is 0.0140. The van der Waals surface area contributed by atoms with Crippen LogP contribution in [-0.2, 0) is 4.79 Å². The molecule has 0 aliphatic carbocycles. The van der Waals surface area contributed by atoms with Crippen molar-refractivity contribution in [2.45, 2.75) is 26.7 Å². The molecule has 0 heterocycles. The maximum absolute atomic E-state index is 11.7. The van der Waals surface area contributed by atoms with Gasteiger partial charge in [-0.05, 0) is 5.92 Å². The molecule has 0 saturated heterocycles. The molecule has 82 valence electrons. The van der Waals surface area contributed by atoms with Crippen LogP contribution in [0.15, 0.2) is 12.7 Å². The van der Waals surface area contributed by atoms with Crippen LogP contribution >= 0.6 is 0 Å². The number of carbonyl (C=O) groups is 1. The number of aliphatic hydroxyl groups excluding tert-OH is 1. The number of nitrogens with zero attached hydrogens (tertiary/aromatic N) is 1. The zero-order chi connectivity index (χ0) is 11.0. The van der Waals surface area contributed by atoms with Gasteiger partial charge in [0.15, 0.2) is 0 Å². The number of hydrogen-bond donors (Lipinski definition) is 1. The molecule has 0 aromatic carbocycles. The predicted octanol–water partition coefficient (Wildman–Crippen LogP) is 1.43. The summed E-state index contributed by atoms with van der Waals surface area (Å²) in [6.45, 7) is 8.66. The van der Waals surface area contributed by atoms with Crippen molar-refractivity contribution in [2.75, 3.05) is 19.7 Å². The second-order valence-electron chi connectivity index (χ2n) is 3.57. The van der Waals surface area contributed by atoms with Gasteiger partial charge in [0.2, 0.25) is 5.91 Å². The Bertz CT molecular complexity index is 180. The molecule has 0 aromatic heterocycles. The SMILES string of the molecule is C=CCN(CCO)C(=O)CC(C)CC. The molecule has 3 heteroatoms. The highest BCUT2D eigenvalue weighted by Gasteiger charge is 2.13. The van der Waals surface area contributed by atoms with E-state index in [4.69, 9.17) is 5.11 Å². The summed E-state index contributed by atoms with van der Waals surface area (Å²) in [5.74, 6) is 0.516. The van der Waals surface area contributed by atoms with Crippen LogP contribution < -0.4 is 0 Å². The first-order chi connectivity index (χ1) is 6.65. The quantitative estimate of drug-likeness (QED) is 0.630. The van der Waals surface area contributed by atoms with Crippen LogP contribution in [0, 0.1) is 5.92 Å². The van der Waals surface area contributed by atoms with Gasteiger partial charge in [-0.1, -0.05) is 26.3 Å². The first-order valence-electron chi connectivity index (χ1n) is 5.15. The van der Waals surface area contributed by atoms with Gasteiger partial charge in [0.1, 0.15) is 0 Å². The third-order valence-electron chi connectivity index (χ3n) is 2.29. The first-order valence-corrected chi connectivity index (χ1v) is 5.15. The number of hydrogen-bond acceptors (Lipinski definition) is 2. The van der Waals surface area contributed by atoms with E-state index in [1.807, 2.05) is 0 Å².